The number of ketones is 1. The van der Waals surface area contributed by atoms with Gasteiger partial charge in [-0.1, -0.05) is 60.7 Å². The van der Waals surface area contributed by atoms with Crippen LogP contribution < -0.4 is 0 Å². The molecule has 1 fully saturated rings. The summed E-state index contributed by atoms with van der Waals surface area (Å²) in [6.45, 7) is 0. The second-order valence-electron chi connectivity index (χ2n) is 5.41. The number of rotatable bonds is 2. The molecule has 2 aromatic carbocycles. The highest BCUT2D eigenvalue weighted by Gasteiger charge is 2.40. The van der Waals surface area contributed by atoms with E-state index < -0.39 is 21.7 Å². The molecule has 1 saturated heterocycles. The number of sulfone groups is 1. The van der Waals surface area contributed by atoms with Crippen molar-refractivity contribution in [1.82, 2.24) is 0 Å². The van der Waals surface area contributed by atoms with Crippen LogP contribution >= 0.6 is 0 Å². The van der Waals surface area contributed by atoms with Crippen molar-refractivity contribution in [1.29, 1.82) is 0 Å². The van der Waals surface area contributed by atoms with Crippen LogP contribution in [0.2, 0.25) is 0 Å². The second kappa shape index (κ2) is 5.45. The van der Waals surface area contributed by atoms with E-state index in [2.05, 4.69) is 0 Å². The van der Waals surface area contributed by atoms with Crippen molar-refractivity contribution in [3.63, 3.8) is 0 Å². The molecule has 2 atom stereocenters. The lowest BCUT2D eigenvalue weighted by Gasteiger charge is -2.28. The minimum Gasteiger partial charge on any atom is -0.298 e. The van der Waals surface area contributed by atoms with Crippen LogP contribution in [0.4, 0.5) is 0 Å². The second-order valence-corrected chi connectivity index (χ2v) is 7.56. The van der Waals surface area contributed by atoms with E-state index >= 15 is 0 Å². The third-order valence-corrected chi connectivity index (χ3v) is 5.61. The first-order chi connectivity index (χ1) is 10.1. The lowest BCUT2D eigenvalue weighted by atomic mass is 9.85. The molecular formula is C17H16O3S. The zero-order valence-electron chi connectivity index (χ0n) is 11.5. The molecule has 1 aliphatic heterocycles. The Morgan fingerprint density at radius 2 is 1.10 bits per heavy atom. The molecule has 1 aliphatic rings. The quantitative estimate of drug-likeness (QED) is 0.856. The van der Waals surface area contributed by atoms with Gasteiger partial charge in [0.2, 0.25) is 0 Å². The van der Waals surface area contributed by atoms with Gasteiger partial charge in [0.1, 0.15) is 5.78 Å². The molecule has 0 spiro atoms. The Morgan fingerprint density at radius 1 is 0.714 bits per heavy atom. The number of benzene rings is 2. The molecule has 21 heavy (non-hydrogen) atoms. The Morgan fingerprint density at radius 3 is 1.48 bits per heavy atom. The summed E-state index contributed by atoms with van der Waals surface area (Å²) >= 11 is 0. The molecule has 0 aromatic heterocycles. The molecule has 2 aromatic rings. The molecule has 3 rings (SSSR count). The van der Waals surface area contributed by atoms with Gasteiger partial charge in [-0.2, -0.15) is 0 Å². The molecule has 2 unspecified atom stereocenters. The fourth-order valence-electron chi connectivity index (χ4n) is 2.87. The lowest BCUT2D eigenvalue weighted by Crippen LogP contribution is -2.37. The van der Waals surface area contributed by atoms with Crippen LogP contribution in [0.1, 0.15) is 23.0 Å². The van der Waals surface area contributed by atoms with E-state index in [9.17, 15) is 13.2 Å². The Balaban J connectivity index is 2.02. The summed E-state index contributed by atoms with van der Waals surface area (Å²) in [4.78, 5) is 12.7. The van der Waals surface area contributed by atoms with Gasteiger partial charge in [-0.25, -0.2) is 8.42 Å². The number of hydrogen-bond acceptors (Lipinski definition) is 3. The molecule has 0 amide bonds. The van der Waals surface area contributed by atoms with E-state index in [-0.39, 0.29) is 17.3 Å². The van der Waals surface area contributed by atoms with Gasteiger partial charge in [-0.05, 0) is 11.1 Å². The van der Waals surface area contributed by atoms with Crippen molar-refractivity contribution < 1.29 is 13.2 Å². The van der Waals surface area contributed by atoms with E-state index in [1.165, 1.54) is 0 Å². The van der Waals surface area contributed by atoms with Crippen molar-refractivity contribution in [2.45, 2.75) is 11.8 Å². The highest BCUT2D eigenvalue weighted by atomic mass is 32.2. The third kappa shape index (κ3) is 2.90. The topological polar surface area (TPSA) is 51.2 Å². The Kier molecular flexibility index (Phi) is 3.64. The average Bonchev–Trinajstić information content (AvgIpc) is 2.51. The van der Waals surface area contributed by atoms with Crippen LogP contribution in [0, 0.1) is 0 Å². The molecule has 0 N–H and O–H groups in total. The number of carbonyl (C=O) groups excluding carboxylic acids is 1. The molecule has 0 aliphatic carbocycles. The summed E-state index contributed by atoms with van der Waals surface area (Å²) < 4.78 is 24.4. The molecule has 0 radical (unpaired) electrons. The van der Waals surface area contributed by atoms with Crippen molar-refractivity contribution in [3.05, 3.63) is 71.8 Å². The van der Waals surface area contributed by atoms with Crippen molar-refractivity contribution >= 4 is 15.6 Å². The van der Waals surface area contributed by atoms with Crippen LogP contribution in [-0.4, -0.2) is 25.7 Å². The summed E-state index contributed by atoms with van der Waals surface area (Å²) in [5, 5.41) is 0. The van der Waals surface area contributed by atoms with Crippen molar-refractivity contribution in [2.75, 3.05) is 11.5 Å². The van der Waals surface area contributed by atoms with Gasteiger partial charge in [0.15, 0.2) is 9.84 Å². The molecular weight excluding hydrogens is 284 g/mol. The normalized spacial score (nSPS) is 24.7. The fourth-order valence-corrected chi connectivity index (χ4v) is 4.74. The van der Waals surface area contributed by atoms with Gasteiger partial charge in [0.05, 0.1) is 23.3 Å². The summed E-state index contributed by atoms with van der Waals surface area (Å²) in [5.41, 5.74) is 1.57. The lowest BCUT2D eigenvalue weighted by molar-refractivity contribution is -0.121. The summed E-state index contributed by atoms with van der Waals surface area (Å²) in [7, 11) is -3.23. The van der Waals surface area contributed by atoms with E-state index in [4.69, 9.17) is 0 Å². The standard InChI is InChI=1S/C17H16O3S/c18-17-15(13-7-3-1-4-8-13)11-21(19,20)12-16(17)14-9-5-2-6-10-14/h1-10,15-16H,11-12H2. The molecule has 108 valence electrons. The number of Topliss-reactive ketones (excluding diaryl/α,β-unsaturated/α-hetero) is 1. The highest BCUT2D eigenvalue weighted by Crippen LogP contribution is 2.33. The maximum Gasteiger partial charge on any atom is 0.152 e. The maximum atomic E-state index is 12.7. The van der Waals surface area contributed by atoms with E-state index in [0.29, 0.717) is 0 Å². The van der Waals surface area contributed by atoms with Crippen LogP contribution in [0.25, 0.3) is 0 Å². The van der Waals surface area contributed by atoms with Crippen LogP contribution in [0.5, 0.6) is 0 Å². The minimum absolute atomic E-state index is 0.00206. The first-order valence-electron chi connectivity index (χ1n) is 6.91. The number of hydrogen-bond donors (Lipinski definition) is 0. The van der Waals surface area contributed by atoms with Gasteiger partial charge in [0, 0.05) is 0 Å². The van der Waals surface area contributed by atoms with E-state index in [1.54, 1.807) is 0 Å². The SMILES string of the molecule is O=C1C(c2ccccc2)CS(=O)(=O)CC1c1ccccc1. The van der Waals surface area contributed by atoms with Crippen molar-refractivity contribution in [3.8, 4) is 0 Å². The van der Waals surface area contributed by atoms with Gasteiger partial charge in [-0.15, -0.1) is 0 Å². The van der Waals surface area contributed by atoms with Crippen LogP contribution in [0.3, 0.4) is 0 Å². The van der Waals surface area contributed by atoms with Gasteiger partial charge in [-0.3, -0.25) is 4.79 Å². The van der Waals surface area contributed by atoms with E-state index in [1.807, 2.05) is 60.7 Å². The minimum atomic E-state index is -3.23. The molecule has 4 heteroatoms. The monoisotopic (exact) mass is 300 g/mol. The highest BCUT2D eigenvalue weighted by molar-refractivity contribution is 7.91. The molecule has 1 heterocycles. The first-order valence-corrected chi connectivity index (χ1v) is 8.73. The summed E-state index contributed by atoms with van der Waals surface area (Å²) in [5.74, 6) is -1.29. The van der Waals surface area contributed by atoms with Gasteiger partial charge < -0.3 is 0 Å². The Labute approximate surface area is 124 Å². The smallest absolute Gasteiger partial charge is 0.152 e. The Hall–Kier alpha value is -1.94. The summed E-state index contributed by atoms with van der Waals surface area (Å²) in [6.07, 6.45) is 0. The average molecular weight is 300 g/mol. The van der Waals surface area contributed by atoms with Crippen LogP contribution in [0.15, 0.2) is 60.7 Å². The van der Waals surface area contributed by atoms with E-state index in [0.717, 1.165) is 11.1 Å². The van der Waals surface area contributed by atoms with Crippen molar-refractivity contribution in [2.24, 2.45) is 0 Å². The zero-order chi connectivity index (χ0) is 14.9. The Bertz CT molecular complexity index is 679. The molecule has 0 bridgehead atoms. The predicted molar refractivity (Wildman–Crippen MR) is 82.0 cm³/mol. The predicted octanol–water partition coefficient (Wildman–Crippen LogP) is 2.55. The largest absolute Gasteiger partial charge is 0.298 e. The first kappa shape index (κ1) is 14.0. The van der Waals surface area contributed by atoms with Crippen LogP contribution in [-0.2, 0) is 14.6 Å². The number of carbonyl (C=O) groups is 1. The van der Waals surface area contributed by atoms with Gasteiger partial charge in [0.25, 0.3) is 0 Å². The molecule has 0 saturated carbocycles. The fraction of sp³-hybridized carbons (Fsp3) is 0.235. The zero-order valence-corrected chi connectivity index (χ0v) is 12.3. The molecule has 3 nitrogen and oxygen atoms in total. The summed E-state index contributed by atoms with van der Waals surface area (Å²) in [6, 6.07) is 18.4. The maximum absolute atomic E-state index is 12.7. The van der Waals surface area contributed by atoms with Gasteiger partial charge >= 0.3 is 0 Å². The third-order valence-electron chi connectivity index (χ3n) is 3.93.